The molecule has 2 aliphatic carbocycles. The van der Waals surface area contributed by atoms with E-state index in [2.05, 4.69) is 5.32 Å². The number of benzene rings is 2. The number of Topliss-reactive ketones (excluding diaryl/α,β-unsaturated/α-hetero) is 1. The molecular formula is C33H39NO6. The lowest BCUT2D eigenvalue weighted by Gasteiger charge is -2.37. The van der Waals surface area contributed by atoms with Crippen LogP contribution in [-0.4, -0.2) is 38.7 Å². The maximum Gasteiger partial charge on any atom is 0.337 e. The molecule has 3 aliphatic rings. The Labute approximate surface area is 236 Å². The Morgan fingerprint density at radius 2 is 1.70 bits per heavy atom. The van der Waals surface area contributed by atoms with Gasteiger partial charge in [-0.1, -0.05) is 30.7 Å². The van der Waals surface area contributed by atoms with Crippen LogP contribution in [0.15, 0.2) is 65.0 Å². The van der Waals surface area contributed by atoms with Gasteiger partial charge in [0.2, 0.25) is 0 Å². The van der Waals surface area contributed by atoms with E-state index < -0.39 is 5.92 Å². The van der Waals surface area contributed by atoms with Gasteiger partial charge in [0.15, 0.2) is 17.3 Å². The average Bonchev–Trinajstić information content (AvgIpc) is 2.97. The van der Waals surface area contributed by atoms with Crippen LogP contribution in [0, 0.1) is 0 Å². The van der Waals surface area contributed by atoms with E-state index in [1.165, 1.54) is 6.42 Å². The fraction of sp³-hybridized carbons (Fsp3) is 0.455. The zero-order valence-corrected chi connectivity index (χ0v) is 23.9. The van der Waals surface area contributed by atoms with E-state index in [4.69, 9.17) is 18.9 Å². The van der Waals surface area contributed by atoms with Gasteiger partial charge >= 0.3 is 5.97 Å². The highest BCUT2D eigenvalue weighted by Crippen LogP contribution is 2.48. The van der Waals surface area contributed by atoms with Crippen molar-refractivity contribution >= 4 is 11.8 Å². The molecule has 1 saturated carbocycles. The van der Waals surface area contributed by atoms with E-state index in [-0.39, 0.29) is 23.8 Å². The van der Waals surface area contributed by atoms with Crippen LogP contribution >= 0.6 is 0 Å². The summed E-state index contributed by atoms with van der Waals surface area (Å²) in [5.74, 6) is 1.02. The van der Waals surface area contributed by atoms with E-state index in [1.807, 2.05) is 56.3 Å². The average molecular weight is 546 g/mol. The van der Waals surface area contributed by atoms with Gasteiger partial charge in [0.05, 0.1) is 32.3 Å². The first kappa shape index (κ1) is 27.8. The molecular weight excluding hydrogens is 506 g/mol. The third-order valence-electron chi connectivity index (χ3n) is 8.28. The van der Waals surface area contributed by atoms with Gasteiger partial charge in [0, 0.05) is 29.0 Å². The van der Waals surface area contributed by atoms with E-state index in [0.29, 0.717) is 47.8 Å². The second-order valence-corrected chi connectivity index (χ2v) is 10.8. The molecule has 7 heteroatoms. The summed E-state index contributed by atoms with van der Waals surface area (Å²) in [5.41, 5.74) is 4.51. The van der Waals surface area contributed by atoms with Gasteiger partial charge in [-0.15, -0.1) is 0 Å². The number of carbonyl (C=O) groups is 2. The second-order valence-electron chi connectivity index (χ2n) is 10.8. The predicted molar refractivity (Wildman–Crippen MR) is 153 cm³/mol. The lowest BCUT2D eigenvalue weighted by molar-refractivity contribution is -0.146. The maximum absolute atomic E-state index is 14.0. The SMILES string of the molecule is CCOc1ccccc1C1C(C(=O)OC2CCCCC2)=C(C)NC2=C1C(=O)CC(c1ccc(OC)c(OC)c1)C2. The number of hydrogen-bond acceptors (Lipinski definition) is 7. The van der Waals surface area contributed by atoms with Crippen molar-refractivity contribution in [1.29, 1.82) is 0 Å². The molecule has 0 radical (unpaired) electrons. The summed E-state index contributed by atoms with van der Waals surface area (Å²) in [5, 5.41) is 3.46. The Hall–Kier alpha value is -3.74. The zero-order chi connectivity index (χ0) is 28.2. The quantitative estimate of drug-likeness (QED) is 0.388. The Kier molecular flexibility index (Phi) is 8.48. The molecule has 1 N–H and O–H groups in total. The minimum Gasteiger partial charge on any atom is -0.494 e. The van der Waals surface area contributed by atoms with Gasteiger partial charge in [0.25, 0.3) is 0 Å². The Bertz CT molecular complexity index is 1340. The maximum atomic E-state index is 14.0. The lowest BCUT2D eigenvalue weighted by Crippen LogP contribution is -2.37. The summed E-state index contributed by atoms with van der Waals surface area (Å²) in [6, 6.07) is 13.5. The molecule has 0 amide bonds. The number of nitrogens with one attached hydrogen (secondary N) is 1. The Morgan fingerprint density at radius 1 is 0.950 bits per heavy atom. The van der Waals surface area contributed by atoms with Crippen LogP contribution in [0.5, 0.6) is 17.2 Å². The highest BCUT2D eigenvalue weighted by atomic mass is 16.5. The molecule has 2 aromatic rings. The third-order valence-corrected chi connectivity index (χ3v) is 8.28. The number of allylic oxidation sites excluding steroid dienone is 3. The van der Waals surface area contributed by atoms with Crippen molar-refractivity contribution in [2.45, 2.75) is 76.7 Å². The number of ketones is 1. The number of hydrogen-bond donors (Lipinski definition) is 1. The molecule has 2 atom stereocenters. The van der Waals surface area contributed by atoms with E-state index in [0.717, 1.165) is 48.2 Å². The Balaban J connectivity index is 1.55. The number of ether oxygens (including phenoxy) is 4. The molecule has 0 spiro atoms. The summed E-state index contributed by atoms with van der Waals surface area (Å²) in [4.78, 5) is 27.8. The van der Waals surface area contributed by atoms with Gasteiger partial charge in [-0.05, 0) is 75.6 Å². The van der Waals surface area contributed by atoms with Crippen molar-refractivity contribution in [3.8, 4) is 17.2 Å². The number of dihydropyridines is 1. The summed E-state index contributed by atoms with van der Waals surface area (Å²) < 4.78 is 23.0. The first-order valence-electron chi connectivity index (χ1n) is 14.3. The van der Waals surface area contributed by atoms with Gasteiger partial charge < -0.3 is 24.3 Å². The van der Waals surface area contributed by atoms with E-state index in [9.17, 15) is 9.59 Å². The summed E-state index contributed by atoms with van der Waals surface area (Å²) in [7, 11) is 3.22. The molecule has 5 rings (SSSR count). The molecule has 1 aliphatic heterocycles. The topological polar surface area (TPSA) is 83.1 Å². The number of carbonyl (C=O) groups excluding carboxylic acids is 2. The van der Waals surface area contributed by atoms with Crippen molar-refractivity contribution in [2.75, 3.05) is 20.8 Å². The molecule has 2 aromatic carbocycles. The van der Waals surface area contributed by atoms with Crippen LogP contribution in [0.1, 0.15) is 81.8 Å². The Morgan fingerprint density at radius 3 is 2.42 bits per heavy atom. The normalized spacial score (nSPS) is 21.4. The van der Waals surface area contributed by atoms with Crippen molar-refractivity contribution in [1.82, 2.24) is 5.32 Å². The highest BCUT2D eigenvalue weighted by Gasteiger charge is 2.43. The monoisotopic (exact) mass is 545 g/mol. The zero-order valence-electron chi connectivity index (χ0n) is 23.9. The summed E-state index contributed by atoms with van der Waals surface area (Å²) in [6.07, 6.45) is 5.94. The van der Waals surface area contributed by atoms with Crippen LogP contribution in [0.2, 0.25) is 0 Å². The molecule has 7 nitrogen and oxygen atoms in total. The molecule has 0 saturated heterocycles. The second kappa shape index (κ2) is 12.2. The van der Waals surface area contributed by atoms with Crippen LogP contribution in [0.3, 0.4) is 0 Å². The number of para-hydroxylation sites is 1. The largest absolute Gasteiger partial charge is 0.494 e. The third kappa shape index (κ3) is 5.47. The van der Waals surface area contributed by atoms with Gasteiger partial charge in [-0.3, -0.25) is 4.79 Å². The minimum atomic E-state index is -0.561. The smallest absolute Gasteiger partial charge is 0.337 e. The minimum absolute atomic E-state index is 0.0142. The van der Waals surface area contributed by atoms with Crippen LogP contribution in [-0.2, 0) is 14.3 Å². The fourth-order valence-electron chi connectivity index (χ4n) is 6.37. The first-order valence-corrected chi connectivity index (χ1v) is 14.3. The number of esters is 1. The fourth-order valence-corrected chi connectivity index (χ4v) is 6.37. The standard InChI is InChI=1S/C33H39NO6/c1-5-39-27-14-10-9-13-24(27)31-30(33(36)40-23-11-7-6-8-12-23)20(2)34-25-17-22(18-26(35)32(25)31)21-15-16-28(37-3)29(19-21)38-4/h9-10,13-16,19,22-23,31,34H,5-8,11-12,17-18H2,1-4H3. The van der Waals surface area contributed by atoms with Gasteiger partial charge in [-0.2, -0.15) is 0 Å². The molecule has 0 aromatic heterocycles. The van der Waals surface area contributed by atoms with Crippen molar-refractivity contribution in [2.24, 2.45) is 0 Å². The molecule has 212 valence electrons. The van der Waals surface area contributed by atoms with Crippen molar-refractivity contribution in [3.63, 3.8) is 0 Å². The molecule has 1 heterocycles. The van der Waals surface area contributed by atoms with Crippen molar-refractivity contribution < 1.29 is 28.5 Å². The van der Waals surface area contributed by atoms with Crippen molar-refractivity contribution in [3.05, 3.63) is 76.1 Å². The van der Waals surface area contributed by atoms with E-state index in [1.54, 1.807) is 14.2 Å². The number of rotatable bonds is 8. The molecule has 0 bridgehead atoms. The van der Waals surface area contributed by atoms with Gasteiger partial charge in [0.1, 0.15) is 11.9 Å². The molecule has 2 unspecified atom stereocenters. The first-order chi connectivity index (χ1) is 19.4. The summed E-state index contributed by atoms with van der Waals surface area (Å²) >= 11 is 0. The van der Waals surface area contributed by atoms with Gasteiger partial charge in [-0.25, -0.2) is 4.79 Å². The lowest BCUT2D eigenvalue weighted by atomic mass is 9.71. The number of methoxy groups -OCH3 is 2. The van der Waals surface area contributed by atoms with Crippen LogP contribution < -0.4 is 19.5 Å². The molecule has 1 fully saturated rings. The van der Waals surface area contributed by atoms with E-state index >= 15 is 0 Å². The predicted octanol–water partition coefficient (Wildman–Crippen LogP) is 6.34. The highest BCUT2D eigenvalue weighted by molar-refractivity contribution is 6.04. The van der Waals surface area contributed by atoms with Crippen LogP contribution in [0.4, 0.5) is 0 Å². The summed E-state index contributed by atoms with van der Waals surface area (Å²) in [6.45, 7) is 4.32. The van der Waals surface area contributed by atoms with Crippen LogP contribution in [0.25, 0.3) is 0 Å². The molecule has 40 heavy (non-hydrogen) atoms.